The molecule has 0 N–H and O–H groups in total. The van der Waals surface area contributed by atoms with Gasteiger partial charge in [-0.1, -0.05) is 47.5 Å². The van der Waals surface area contributed by atoms with E-state index in [9.17, 15) is 13.2 Å². The summed E-state index contributed by atoms with van der Waals surface area (Å²) >= 11 is 11.9. The van der Waals surface area contributed by atoms with Crippen molar-refractivity contribution in [2.75, 3.05) is 24.5 Å². The number of hydrogen-bond donors (Lipinski definition) is 0. The van der Waals surface area contributed by atoms with Crippen LogP contribution in [-0.2, 0) is 27.0 Å². The van der Waals surface area contributed by atoms with Gasteiger partial charge in [-0.15, -0.1) is 0 Å². The maximum atomic E-state index is 13.1. The molecule has 2 aliphatic rings. The van der Waals surface area contributed by atoms with Gasteiger partial charge in [0.15, 0.2) is 0 Å². The average Bonchev–Trinajstić information content (AvgIpc) is 3.14. The lowest BCUT2D eigenvalue weighted by molar-refractivity contribution is -0.123. The molecule has 2 aromatic carbocycles. The van der Waals surface area contributed by atoms with Crippen molar-refractivity contribution >= 4 is 44.8 Å². The third-order valence-electron chi connectivity index (χ3n) is 5.61. The fourth-order valence-corrected chi connectivity index (χ4v) is 6.03. The molecule has 8 heteroatoms. The zero-order valence-corrected chi connectivity index (χ0v) is 18.2. The summed E-state index contributed by atoms with van der Waals surface area (Å²) < 4.78 is 27.4. The van der Waals surface area contributed by atoms with Gasteiger partial charge in [0.2, 0.25) is 15.9 Å². The van der Waals surface area contributed by atoms with Gasteiger partial charge >= 0.3 is 0 Å². The summed E-state index contributed by atoms with van der Waals surface area (Å²) in [6, 6.07) is 12.8. The number of anilines is 1. The van der Waals surface area contributed by atoms with Crippen LogP contribution in [0.15, 0.2) is 42.5 Å². The van der Waals surface area contributed by atoms with Gasteiger partial charge < -0.3 is 4.90 Å². The smallest absolute Gasteiger partial charge is 0.231 e. The highest BCUT2D eigenvalue weighted by Gasteiger charge is 2.36. The maximum Gasteiger partial charge on any atom is 0.231 e. The first-order valence-corrected chi connectivity index (χ1v) is 12.0. The van der Waals surface area contributed by atoms with Gasteiger partial charge in [0.1, 0.15) is 0 Å². The number of halogens is 2. The van der Waals surface area contributed by atoms with Crippen molar-refractivity contribution in [3.05, 3.63) is 63.6 Å². The topological polar surface area (TPSA) is 57.7 Å². The minimum Gasteiger partial charge on any atom is -0.312 e. The van der Waals surface area contributed by atoms with Crippen molar-refractivity contribution in [2.45, 2.75) is 25.0 Å². The molecule has 1 amide bonds. The van der Waals surface area contributed by atoms with Crippen LogP contribution in [0.2, 0.25) is 10.0 Å². The Morgan fingerprint density at radius 2 is 1.86 bits per heavy atom. The van der Waals surface area contributed by atoms with Crippen molar-refractivity contribution in [2.24, 2.45) is 5.92 Å². The molecule has 2 aliphatic heterocycles. The van der Waals surface area contributed by atoms with Crippen LogP contribution in [0.4, 0.5) is 5.69 Å². The molecule has 0 aromatic heterocycles. The lowest BCUT2D eigenvalue weighted by Crippen LogP contribution is -2.46. The van der Waals surface area contributed by atoms with E-state index < -0.39 is 10.0 Å². The normalized spacial score (nSPS) is 19.9. The number of carbonyl (C=O) groups is 1. The molecule has 1 saturated heterocycles. The maximum absolute atomic E-state index is 13.1. The first kappa shape index (κ1) is 20.7. The van der Waals surface area contributed by atoms with Crippen molar-refractivity contribution in [1.29, 1.82) is 0 Å². The van der Waals surface area contributed by atoms with Gasteiger partial charge in [0, 0.05) is 25.3 Å². The van der Waals surface area contributed by atoms with Gasteiger partial charge in [0.05, 0.1) is 21.7 Å². The Bertz CT molecular complexity index is 1040. The van der Waals surface area contributed by atoms with Crippen LogP contribution in [-0.4, -0.2) is 38.3 Å². The number of amides is 1. The minimum atomic E-state index is -3.56. The van der Waals surface area contributed by atoms with Crippen LogP contribution in [0.5, 0.6) is 0 Å². The van der Waals surface area contributed by atoms with E-state index in [2.05, 4.69) is 0 Å². The Labute approximate surface area is 181 Å². The Morgan fingerprint density at radius 1 is 1.07 bits per heavy atom. The number of sulfonamides is 1. The van der Waals surface area contributed by atoms with E-state index in [-0.39, 0.29) is 24.1 Å². The minimum absolute atomic E-state index is 0.0180. The highest BCUT2D eigenvalue weighted by molar-refractivity contribution is 7.88. The number of nitrogens with zero attached hydrogens (tertiary/aromatic N) is 2. The van der Waals surface area contributed by atoms with Gasteiger partial charge in [-0.05, 0) is 48.6 Å². The van der Waals surface area contributed by atoms with Crippen LogP contribution in [0.3, 0.4) is 0 Å². The summed E-state index contributed by atoms with van der Waals surface area (Å²) in [4.78, 5) is 15.0. The number of hydrogen-bond acceptors (Lipinski definition) is 3. The molecular formula is C21H22Cl2N2O3S. The quantitative estimate of drug-likeness (QED) is 0.700. The molecule has 4 rings (SSSR count). The molecule has 0 aliphatic carbocycles. The Hall–Kier alpha value is -1.60. The molecule has 0 spiro atoms. The zero-order chi connectivity index (χ0) is 20.6. The number of fused-ring (bicyclic) bond motifs is 1. The fourth-order valence-electron chi connectivity index (χ4n) is 4.12. The van der Waals surface area contributed by atoms with Gasteiger partial charge in [0.25, 0.3) is 0 Å². The monoisotopic (exact) mass is 452 g/mol. The van der Waals surface area contributed by atoms with E-state index in [4.69, 9.17) is 23.2 Å². The molecule has 2 heterocycles. The zero-order valence-electron chi connectivity index (χ0n) is 15.9. The SMILES string of the molecule is O=C([C@@H]1CCCN(S(=O)(=O)Cc2ccc(Cl)c(Cl)c2)C1)N1CCc2ccccc21. The van der Waals surface area contributed by atoms with Crippen LogP contribution >= 0.6 is 23.2 Å². The molecule has 2 aromatic rings. The molecule has 0 radical (unpaired) electrons. The molecule has 5 nitrogen and oxygen atoms in total. The lowest BCUT2D eigenvalue weighted by Gasteiger charge is -2.33. The summed E-state index contributed by atoms with van der Waals surface area (Å²) in [5, 5.41) is 0.723. The molecule has 0 saturated carbocycles. The highest BCUT2D eigenvalue weighted by atomic mass is 35.5. The van der Waals surface area contributed by atoms with Gasteiger partial charge in [-0.25, -0.2) is 12.7 Å². The van der Waals surface area contributed by atoms with E-state index in [1.807, 2.05) is 29.2 Å². The second-order valence-corrected chi connectivity index (χ2v) is 10.4. The fraction of sp³-hybridized carbons (Fsp3) is 0.381. The largest absolute Gasteiger partial charge is 0.312 e. The van der Waals surface area contributed by atoms with E-state index in [0.29, 0.717) is 41.5 Å². The molecule has 1 atom stereocenters. The van der Waals surface area contributed by atoms with Crippen molar-refractivity contribution in [1.82, 2.24) is 4.31 Å². The molecule has 0 bridgehead atoms. The summed E-state index contributed by atoms with van der Waals surface area (Å²) in [6.07, 6.45) is 2.22. The van der Waals surface area contributed by atoms with Crippen LogP contribution < -0.4 is 4.90 Å². The van der Waals surface area contributed by atoms with Crippen molar-refractivity contribution < 1.29 is 13.2 Å². The van der Waals surface area contributed by atoms with Crippen LogP contribution in [0.1, 0.15) is 24.0 Å². The summed E-state index contributed by atoms with van der Waals surface area (Å²) in [6.45, 7) is 1.32. The van der Waals surface area contributed by atoms with Crippen molar-refractivity contribution in [3.63, 3.8) is 0 Å². The first-order chi connectivity index (χ1) is 13.8. The van der Waals surface area contributed by atoms with E-state index in [1.54, 1.807) is 18.2 Å². The average molecular weight is 453 g/mol. The summed E-state index contributed by atoms with van der Waals surface area (Å²) in [7, 11) is -3.56. The molecular weight excluding hydrogens is 431 g/mol. The molecule has 0 unspecified atom stereocenters. The molecule has 154 valence electrons. The highest BCUT2D eigenvalue weighted by Crippen LogP contribution is 2.31. The number of piperidine rings is 1. The molecule has 1 fully saturated rings. The van der Waals surface area contributed by atoms with Gasteiger partial charge in [-0.3, -0.25) is 4.79 Å². The van der Waals surface area contributed by atoms with E-state index in [1.165, 1.54) is 9.87 Å². The third kappa shape index (κ3) is 4.31. The van der Waals surface area contributed by atoms with Crippen molar-refractivity contribution in [3.8, 4) is 0 Å². The van der Waals surface area contributed by atoms with Crippen LogP contribution in [0.25, 0.3) is 0 Å². The first-order valence-electron chi connectivity index (χ1n) is 9.66. The number of carbonyl (C=O) groups excluding carboxylic acids is 1. The standard InChI is InChI=1S/C21H22Cl2N2O3S/c22-18-8-7-15(12-19(18)23)14-29(27,28)24-10-3-5-17(13-24)21(26)25-11-9-16-4-1-2-6-20(16)25/h1-2,4,6-8,12,17H,3,5,9-11,13-14H2/t17-/m1/s1. The third-order valence-corrected chi connectivity index (χ3v) is 8.17. The summed E-state index contributed by atoms with van der Waals surface area (Å²) in [5.74, 6) is -0.458. The van der Waals surface area contributed by atoms with E-state index in [0.717, 1.165) is 12.1 Å². The van der Waals surface area contributed by atoms with E-state index >= 15 is 0 Å². The Kier molecular flexibility index (Phi) is 5.89. The number of rotatable bonds is 4. The second-order valence-electron chi connectivity index (χ2n) is 7.57. The number of benzene rings is 2. The second kappa shape index (κ2) is 8.26. The Balaban J connectivity index is 1.47. The number of para-hydroxylation sites is 1. The van der Waals surface area contributed by atoms with Crippen LogP contribution in [0, 0.1) is 5.92 Å². The lowest BCUT2D eigenvalue weighted by atomic mass is 9.98. The summed E-state index contributed by atoms with van der Waals surface area (Å²) in [5.41, 5.74) is 2.70. The Morgan fingerprint density at radius 3 is 2.66 bits per heavy atom. The molecule has 29 heavy (non-hydrogen) atoms. The predicted molar refractivity (Wildman–Crippen MR) is 116 cm³/mol. The predicted octanol–water partition coefficient (Wildman–Crippen LogP) is 4.12. The van der Waals surface area contributed by atoms with Gasteiger partial charge in [-0.2, -0.15) is 0 Å².